The van der Waals surface area contributed by atoms with Crippen molar-refractivity contribution in [3.05, 3.63) is 0 Å². The van der Waals surface area contributed by atoms with Crippen LogP contribution in [-0.2, 0) is 0 Å². The van der Waals surface area contributed by atoms with Crippen LogP contribution in [0.15, 0.2) is 0 Å². The SMILES string of the molecule is CC(C)C1(C)CCN(C)C1.CC(C)C1CCN(C)C1. The lowest BCUT2D eigenvalue weighted by atomic mass is 9.79. The average Bonchev–Trinajstić information content (AvgIpc) is 2.87. The summed E-state index contributed by atoms with van der Waals surface area (Å²) in [6.45, 7) is 16.9. The lowest BCUT2D eigenvalue weighted by Crippen LogP contribution is -2.26. The lowest BCUT2D eigenvalue weighted by molar-refractivity contribution is 0.223. The summed E-state index contributed by atoms with van der Waals surface area (Å²) in [5, 5.41) is 0. The summed E-state index contributed by atoms with van der Waals surface area (Å²) in [4.78, 5) is 4.85. The van der Waals surface area contributed by atoms with Crippen molar-refractivity contribution in [2.45, 2.75) is 47.5 Å². The molecule has 0 spiro atoms. The van der Waals surface area contributed by atoms with E-state index in [0.717, 1.165) is 17.8 Å². The van der Waals surface area contributed by atoms with Crippen LogP contribution in [0, 0.1) is 23.2 Å². The van der Waals surface area contributed by atoms with Gasteiger partial charge in [0.1, 0.15) is 0 Å². The highest BCUT2D eigenvalue weighted by molar-refractivity contribution is 4.86. The molecule has 2 nitrogen and oxygen atoms in total. The molecule has 0 bridgehead atoms. The third kappa shape index (κ3) is 5.07. The number of likely N-dealkylation sites (tertiary alicyclic amines) is 2. The van der Waals surface area contributed by atoms with E-state index in [-0.39, 0.29) is 0 Å². The van der Waals surface area contributed by atoms with Gasteiger partial charge in [0.05, 0.1) is 0 Å². The van der Waals surface area contributed by atoms with Crippen molar-refractivity contribution in [2.24, 2.45) is 23.2 Å². The molecule has 114 valence electrons. The molecule has 2 saturated heterocycles. The van der Waals surface area contributed by atoms with E-state index in [2.05, 4.69) is 58.5 Å². The highest BCUT2D eigenvalue weighted by Gasteiger charge is 2.34. The fourth-order valence-corrected chi connectivity index (χ4v) is 3.21. The maximum atomic E-state index is 2.43. The fraction of sp³-hybridized carbons (Fsp3) is 1.00. The van der Waals surface area contributed by atoms with E-state index in [4.69, 9.17) is 0 Å². The van der Waals surface area contributed by atoms with Crippen molar-refractivity contribution in [3.63, 3.8) is 0 Å². The summed E-state index contributed by atoms with van der Waals surface area (Å²) in [6.07, 6.45) is 2.79. The van der Waals surface area contributed by atoms with Gasteiger partial charge >= 0.3 is 0 Å². The average molecular weight is 268 g/mol. The van der Waals surface area contributed by atoms with E-state index in [1.54, 1.807) is 0 Å². The van der Waals surface area contributed by atoms with E-state index >= 15 is 0 Å². The van der Waals surface area contributed by atoms with Gasteiger partial charge in [0.25, 0.3) is 0 Å². The molecule has 0 radical (unpaired) electrons. The third-order valence-electron chi connectivity index (χ3n) is 5.46. The summed E-state index contributed by atoms with van der Waals surface area (Å²) in [5.74, 6) is 2.68. The molecule has 0 saturated carbocycles. The Morgan fingerprint density at radius 1 is 1.00 bits per heavy atom. The molecular formula is C17H36N2. The highest BCUT2D eigenvalue weighted by atomic mass is 15.1. The van der Waals surface area contributed by atoms with Gasteiger partial charge in [0.2, 0.25) is 0 Å². The Bertz CT molecular complexity index is 262. The topological polar surface area (TPSA) is 6.48 Å². The van der Waals surface area contributed by atoms with Crippen molar-refractivity contribution in [1.29, 1.82) is 0 Å². The van der Waals surface area contributed by atoms with Gasteiger partial charge in [-0.05, 0) is 63.2 Å². The van der Waals surface area contributed by atoms with Crippen LogP contribution >= 0.6 is 0 Å². The van der Waals surface area contributed by atoms with Gasteiger partial charge < -0.3 is 9.80 Å². The second-order valence-electron chi connectivity index (χ2n) is 7.85. The second-order valence-corrected chi connectivity index (χ2v) is 7.85. The lowest BCUT2D eigenvalue weighted by Gasteiger charge is -2.28. The standard InChI is InChI=1S/C9H19N.C8H17N/c1-8(2)9(3)5-6-10(4)7-9;1-7(2)8-4-5-9(3)6-8/h8H,5-7H2,1-4H3;7-8H,4-6H2,1-3H3. The Morgan fingerprint density at radius 3 is 1.84 bits per heavy atom. The first kappa shape index (κ1) is 17.0. The Labute approximate surface area is 121 Å². The first-order valence-corrected chi connectivity index (χ1v) is 8.11. The van der Waals surface area contributed by atoms with Gasteiger partial charge in [-0.25, -0.2) is 0 Å². The molecule has 2 aliphatic heterocycles. The van der Waals surface area contributed by atoms with Crippen LogP contribution < -0.4 is 0 Å². The minimum atomic E-state index is 0.592. The smallest absolute Gasteiger partial charge is 0.00352 e. The van der Waals surface area contributed by atoms with Gasteiger partial charge in [-0.1, -0.05) is 34.6 Å². The Morgan fingerprint density at radius 2 is 1.63 bits per heavy atom. The normalized spacial score (nSPS) is 33.0. The van der Waals surface area contributed by atoms with E-state index in [0.29, 0.717) is 5.41 Å². The third-order valence-corrected chi connectivity index (χ3v) is 5.46. The molecule has 0 aromatic rings. The van der Waals surface area contributed by atoms with Gasteiger partial charge in [0, 0.05) is 13.1 Å². The zero-order valence-corrected chi connectivity index (χ0v) is 14.4. The van der Waals surface area contributed by atoms with Crippen LogP contribution in [0.1, 0.15) is 47.5 Å². The van der Waals surface area contributed by atoms with Crippen molar-refractivity contribution >= 4 is 0 Å². The minimum Gasteiger partial charge on any atom is -0.306 e. The molecule has 2 unspecified atom stereocenters. The maximum Gasteiger partial charge on any atom is 0.00352 e. The Hall–Kier alpha value is -0.0800. The molecule has 19 heavy (non-hydrogen) atoms. The van der Waals surface area contributed by atoms with E-state index < -0.39 is 0 Å². The first-order valence-electron chi connectivity index (χ1n) is 8.11. The molecule has 2 atom stereocenters. The number of hydrogen-bond acceptors (Lipinski definition) is 2. The minimum absolute atomic E-state index is 0.592. The Kier molecular flexibility index (Phi) is 6.32. The van der Waals surface area contributed by atoms with Gasteiger partial charge in [0.15, 0.2) is 0 Å². The van der Waals surface area contributed by atoms with Crippen LogP contribution in [-0.4, -0.2) is 50.1 Å². The zero-order chi connectivity index (χ0) is 14.6. The van der Waals surface area contributed by atoms with Gasteiger partial charge in [-0.3, -0.25) is 0 Å². The molecule has 2 heteroatoms. The predicted molar refractivity (Wildman–Crippen MR) is 85.5 cm³/mol. The number of hydrogen-bond donors (Lipinski definition) is 0. The molecule has 0 aliphatic carbocycles. The summed E-state index contributed by atoms with van der Waals surface area (Å²) in [5.41, 5.74) is 0.592. The van der Waals surface area contributed by atoms with E-state index in [9.17, 15) is 0 Å². The van der Waals surface area contributed by atoms with Gasteiger partial charge in [-0.15, -0.1) is 0 Å². The molecule has 2 rings (SSSR count). The van der Waals surface area contributed by atoms with Crippen molar-refractivity contribution < 1.29 is 0 Å². The van der Waals surface area contributed by atoms with Crippen molar-refractivity contribution in [3.8, 4) is 0 Å². The van der Waals surface area contributed by atoms with E-state index in [1.165, 1.54) is 39.0 Å². The molecule has 0 aromatic carbocycles. The largest absolute Gasteiger partial charge is 0.306 e. The van der Waals surface area contributed by atoms with Crippen molar-refractivity contribution in [1.82, 2.24) is 9.80 Å². The van der Waals surface area contributed by atoms with Crippen molar-refractivity contribution in [2.75, 3.05) is 40.3 Å². The number of nitrogens with zero attached hydrogens (tertiary/aromatic N) is 2. The highest BCUT2D eigenvalue weighted by Crippen LogP contribution is 2.36. The molecule has 0 amide bonds. The molecule has 2 aliphatic rings. The summed E-state index contributed by atoms with van der Waals surface area (Å²) in [6, 6.07) is 0. The van der Waals surface area contributed by atoms with Crippen LogP contribution in [0.25, 0.3) is 0 Å². The number of rotatable bonds is 2. The zero-order valence-electron chi connectivity index (χ0n) is 14.4. The van der Waals surface area contributed by atoms with Crippen LogP contribution in [0.3, 0.4) is 0 Å². The van der Waals surface area contributed by atoms with E-state index in [1.807, 2.05) is 0 Å². The molecular weight excluding hydrogens is 232 g/mol. The first-order chi connectivity index (χ1) is 8.74. The molecule has 0 N–H and O–H groups in total. The fourth-order valence-electron chi connectivity index (χ4n) is 3.21. The Balaban J connectivity index is 0.000000191. The predicted octanol–water partition coefficient (Wildman–Crippen LogP) is 3.58. The second kappa shape index (κ2) is 7.08. The van der Waals surface area contributed by atoms with Gasteiger partial charge in [-0.2, -0.15) is 0 Å². The van der Waals surface area contributed by atoms with Crippen LogP contribution in [0.4, 0.5) is 0 Å². The molecule has 0 aromatic heterocycles. The summed E-state index contributed by atoms with van der Waals surface area (Å²) >= 11 is 0. The molecule has 2 heterocycles. The van der Waals surface area contributed by atoms with Crippen LogP contribution in [0.5, 0.6) is 0 Å². The quantitative estimate of drug-likeness (QED) is 0.755. The monoisotopic (exact) mass is 268 g/mol. The maximum absolute atomic E-state index is 2.43. The summed E-state index contributed by atoms with van der Waals surface area (Å²) < 4.78 is 0. The van der Waals surface area contributed by atoms with Crippen LogP contribution in [0.2, 0.25) is 0 Å². The summed E-state index contributed by atoms with van der Waals surface area (Å²) in [7, 11) is 4.43. The molecule has 2 fully saturated rings.